The Bertz CT molecular complexity index is 1500. The molecule has 0 fully saturated rings. The third-order valence-electron chi connectivity index (χ3n) is 6.19. The highest BCUT2D eigenvalue weighted by atomic mass is 32.4. The standard InChI is InChI=1S/C29H24FN2OPS/c1-21-28(34(35,24-10-4-2-5-11-24)25-12-6-3-7-13-25)26-14-8-9-15-27(26)32(21)29(33)31-20-22-16-18-23(30)19-17-22/h2-19H,20H2,1H3,(H,31,33). The molecule has 0 saturated carbocycles. The van der Waals surface area contributed by atoms with Crippen LogP contribution in [0.5, 0.6) is 0 Å². The van der Waals surface area contributed by atoms with Gasteiger partial charge in [0.25, 0.3) is 0 Å². The Kier molecular flexibility index (Phi) is 6.38. The monoisotopic (exact) mass is 498 g/mol. The van der Waals surface area contributed by atoms with Crippen LogP contribution in [-0.2, 0) is 18.4 Å². The number of benzene rings is 4. The molecule has 0 saturated heterocycles. The van der Waals surface area contributed by atoms with Crippen LogP contribution >= 0.6 is 6.04 Å². The Labute approximate surface area is 209 Å². The van der Waals surface area contributed by atoms with Crippen LogP contribution in [0.1, 0.15) is 11.3 Å². The largest absolute Gasteiger partial charge is 0.333 e. The van der Waals surface area contributed by atoms with E-state index >= 15 is 0 Å². The summed E-state index contributed by atoms with van der Waals surface area (Å²) >= 11 is 6.60. The van der Waals surface area contributed by atoms with Gasteiger partial charge in [0.05, 0.1) is 5.52 Å². The van der Waals surface area contributed by atoms with Gasteiger partial charge in [0.1, 0.15) is 5.82 Å². The van der Waals surface area contributed by atoms with E-state index in [9.17, 15) is 9.18 Å². The molecule has 5 aromatic rings. The zero-order valence-electron chi connectivity index (χ0n) is 19.2. The molecule has 0 aliphatic heterocycles. The number of nitrogens with zero attached hydrogens (tertiary/aromatic N) is 1. The number of hydrogen-bond donors (Lipinski definition) is 1. The molecule has 1 heterocycles. The summed E-state index contributed by atoms with van der Waals surface area (Å²) < 4.78 is 15.0. The number of para-hydroxylation sites is 1. The Balaban J connectivity index is 1.67. The average Bonchev–Trinajstić information content (AvgIpc) is 3.21. The fourth-order valence-electron chi connectivity index (χ4n) is 4.55. The zero-order valence-corrected chi connectivity index (χ0v) is 20.9. The second-order valence-corrected chi connectivity index (χ2v) is 12.7. The molecule has 174 valence electrons. The van der Waals surface area contributed by atoms with Gasteiger partial charge in [-0.2, -0.15) is 0 Å². The van der Waals surface area contributed by atoms with Crippen LogP contribution in [0.25, 0.3) is 10.9 Å². The van der Waals surface area contributed by atoms with Gasteiger partial charge >= 0.3 is 6.03 Å². The lowest BCUT2D eigenvalue weighted by Gasteiger charge is -2.24. The summed E-state index contributed by atoms with van der Waals surface area (Å²) in [5, 5.41) is 7.17. The summed E-state index contributed by atoms with van der Waals surface area (Å²) in [4.78, 5) is 13.5. The molecule has 4 aromatic carbocycles. The molecule has 6 heteroatoms. The Hall–Kier alpha value is -3.53. The van der Waals surface area contributed by atoms with E-state index < -0.39 is 6.04 Å². The number of aromatic nitrogens is 1. The summed E-state index contributed by atoms with van der Waals surface area (Å²) in [6, 6.07) is 31.8. The third kappa shape index (κ3) is 4.22. The molecule has 0 aliphatic rings. The number of carbonyl (C=O) groups excluding carboxylic acids is 1. The highest BCUT2D eigenvalue weighted by Gasteiger charge is 2.32. The van der Waals surface area contributed by atoms with Gasteiger partial charge in [0.15, 0.2) is 0 Å². The summed E-state index contributed by atoms with van der Waals surface area (Å²) in [6.07, 6.45) is 0. The Morgan fingerprint density at radius 3 is 1.97 bits per heavy atom. The molecule has 1 aromatic heterocycles. The lowest BCUT2D eigenvalue weighted by atomic mass is 10.2. The maximum absolute atomic E-state index is 13.5. The molecule has 1 amide bonds. The molecule has 1 N–H and O–H groups in total. The maximum atomic E-state index is 13.5. The summed E-state index contributed by atoms with van der Waals surface area (Å²) in [7, 11) is 0. The molecule has 0 spiro atoms. The first-order valence-corrected chi connectivity index (χ1v) is 14.1. The minimum atomic E-state index is -2.47. The predicted octanol–water partition coefficient (Wildman–Crippen LogP) is 5.60. The molecule has 35 heavy (non-hydrogen) atoms. The number of nitrogens with one attached hydrogen (secondary N) is 1. The van der Waals surface area contributed by atoms with Crippen molar-refractivity contribution in [3.05, 3.63) is 126 Å². The van der Waals surface area contributed by atoms with Crippen molar-refractivity contribution in [3.63, 3.8) is 0 Å². The third-order valence-corrected chi connectivity index (χ3v) is 11.3. The van der Waals surface area contributed by atoms with E-state index in [1.54, 1.807) is 16.7 Å². The first kappa shape index (κ1) is 23.2. The van der Waals surface area contributed by atoms with Crippen molar-refractivity contribution in [2.45, 2.75) is 13.5 Å². The van der Waals surface area contributed by atoms with E-state index in [-0.39, 0.29) is 11.8 Å². The van der Waals surface area contributed by atoms with Gasteiger partial charge < -0.3 is 5.32 Å². The van der Waals surface area contributed by atoms with Crippen LogP contribution in [0.15, 0.2) is 109 Å². The summed E-state index contributed by atoms with van der Waals surface area (Å²) in [6.45, 7) is 2.27. The van der Waals surface area contributed by atoms with E-state index in [0.717, 1.165) is 38.1 Å². The normalized spacial score (nSPS) is 11.5. The van der Waals surface area contributed by atoms with E-state index in [0.29, 0.717) is 6.54 Å². The van der Waals surface area contributed by atoms with Gasteiger partial charge in [-0.25, -0.2) is 9.18 Å². The molecule has 0 radical (unpaired) electrons. The summed E-state index contributed by atoms with van der Waals surface area (Å²) in [5.41, 5.74) is 2.48. The number of hydrogen-bond acceptors (Lipinski definition) is 2. The van der Waals surface area contributed by atoms with Gasteiger partial charge in [0.2, 0.25) is 0 Å². The van der Waals surface area contributed by atoms with Gasteiger partial charge in [-0.1, -0.05) is 103 Å². The second-order valence-electron chi connectivity index (χ2n) is 8.35. The van der Waals surface area contributed by atoms with Crippen molar-refractivity contribution in [3.8, 4) is 0 Å². The molecule has 3 nitrogen and oxygen atoms in total. The fraction of sp³-hybridized carbons (Fsp3) is 0.0690. The Morgan fingerprint density at radius 1 is 0.829 bits per heavy atom. The van der Waals surface area contributed by atoms with Crippen LogP contribution in [0.4, 0.5) is 9.18 Å². The Morgan fingerprint density at radius 2 is 1.37 bits per heavy atom. The lowest BCUT2D eigenvalue weighted by Crippen LogP contribution is -2.31. The van der Waals surface area contributed by atoms with E-state index in [1.807, 2.05) is 67.6 Å². The number of carbonyl (C=O) groups is 1. The first-order chi connectivity index (χ1) is 17.0. The first-order valence-electron chi connectivity index (χ1n) is 11.3. The topological polar surface area (TPSA) is 34.0 Å². The van der Waals surface area contributed by atoms with Crippen LogP contribution in [0.3, 0.4) is 0 Å². The van der Waals surface area contributed by atoms with Crippen molar-refractivity contribution >= 4 is 50.7 Å². The van der Waals surface area contributed by atoms with E-state index in [2.05, 4.69) is 29.6 Å². The van der Waals surface area contributed by atoms with Gasteiger partial charge in [-0.15, -0.1) is 0 Å². The number of halogens is 1. The van der Waals surface area contributed by atoms with Crippen molar-refractivity contribution in [2.75, 3.05) is 0 Å². The van der Waals surface area contributed by atoms with Gasteiger partial charge in [-0.3, -0.25) is 4.57 Å². The fourth-order valence-corrected chi connectivity index (χ4v) is 9.06. The van der Waals surface area contributed by atoms with Crippen molar-refractivity contribution in [1.82, 2.24) is 9.88 Å². The van der Waals surface area contributed by atoms with Crippen LogP contribution in [-0.4, -0.2) is 10.6 Å². The van der Waals surface area contributed by atoms with Crippen molar-refractivity contribution in [2.24, 2.45) is 0 Å². The van der Waals surface area contributed by atoms with Gasteiger partial charge in [-0.05, 0) is 41.3 Å². The molecular formula is C29H24FN2OPS. The second kappa shape index (κ2) is 9.61. The molecule has 0 unspecified atom stereocenters. The highest BCUT2D eigenvalue weighted by molar-refractivity contribution is 8.25. The van der Waals surface area contributed by atoms with Crippen molar-refractivity contribution in [1.29, 1.82) is 0 Å². The average molecular weight is 499 g/mol. The number of amides is 1. The SMILES string of the molecule is Cc1c(P(=S)(c2ccccc2)c2ccccc2)c2ccccc2n1C(=O)NCc1ccc(F)cc1. The van der Waals surface area contributed by atoms with Crippen molar-refractivity contribution < 1.29 is 9.18 Å². The van der Waals surface area contributed by atoms with Crippen LogP contribution in [0.2, 0.25) is 0 Å². The molecule has 0 bridgehead atoms. The zero-order chi connectivity index (χ0) is 24.4. The highest BCUT2D eigenvalue weighted by Crippen LogP contribution is 2.46. The molecule has 0 atom stereocenters. The number of rotatable bonds is 5. The maximum Gasteiger partial charge on any atom is 0.326 e. The van der Waals surface area contributed by atoms with E-state index in [4.69, 9.17) is 11.8 Å². The number of fused-ring (bicyclic) bond motifs is 1. The lowest BCUT2D eigenvalue weighted by molar-refractivity contribution is 0.242. The van der Waals surface area contributed by atoms with Crippen LogP contribution in [0, 0.1) is 12.7 Å². The molecule has 5 rings (SSSR count). The predicted molar refractivity (Wildman–Crippen MR) is 147 cm³/mol. The van der Waals surface area contributed by atoms with Crippen LogP contribution < -0.4 is 21.2 Å². The quantitative estimate of drug-likeness (QED) is 0.320. The molecule has 0 aliphatic carbocycles. The smallest absolute Gasteiger partial charge is 0.326 e. The minimum Gasteiger partial charge on any atom is -0.333 e. The van der Waals surface area contributed by atoms with E-state index in [1.165, 1.54) is 12.1 Å². The van der Waals surface area contributed by atoms with Gasteiger partial charge in [0, 0.05) is 29.0 Å². The molecular weight excluding hydrogens is 474 g/mol. The minimum absolute atomic E-state index is 0.239. The summed E-state index contributed by atoms with van der Waals surface area (Å²) in [5.74, 6) is -0.301.